The minimum atomic E-state index is 0.707. The highest BCUT2D eigenvalue weighted by Crippen LogP contribution is 2.19. The summed E-state index contributed by atoms with van der Waals surface area (Å²) in [7, 11) is 0. The maximum Gasteiger partial charge on any atom is 0.169 e. The van der Waals surface area contributed by atoms with Gasteiger partial charge in [-0.15, -0.1) is 0 Å². The quantitative estimate of drug-likeness (QED) is 0.572. The van der Waals surface area contributed by atoms with E-state index in [9.17, 15) is 0 Å². The van der Waals surface area contributed by atoms with E-state index in [1.54, 1.807) is 0 Å². The van der Waals surface area contributed by atoms with Crippen LogP contribution in [0.3, 0.4) is 0 Å². The number of morpholine rings is 1. The van der Waals surface area contributed by atoms with E-state index >= 15 is 0 Å². The largest absolute Gasteiger partial charge is 0.379 e. The molecule has 1 fully saturated rings. The van der Waals surface area contributed by atoms with Gasteiger partial charge in [0.15, 0.2) is 5.11 Å². The molecule has 1 heterocycles. The maximum absolute atomic E-state index is 5.79. The molecule has 0 bridgehead atoms. The zero-order valence-electron chi connectivity index (χ0n) is 16.5. The predicted octanol–water partition coefficient (Wildman–Crippen LogP) is 3.36. The van der Waals surface area contributed by atoms with E-state index in [-0.39, 0.29) is 0 Å². The molecule has 2 aliphatic rings. The van der Waals surface area contributed by atoms with Crippen LogP contribution < -0.4 is 5.32 Å². The SMILES string of the molecule is Cc1ccc(CNC(=S)N(CCN2CCOCC2)CC2CC=CCC2)cc1. The molecule has 148 valence electrons. The predicted molar refractivity (Wildman–Crippen MR) is 116 cm³/mol. The number of benzene rings is 1. The molecule has 0 spiro atoms. The third kappa shape index (κ3) is 6.91. The summed E-state index contributed by atoms with van der Waals surface area (Å²) < 4.78 is 5.47. The van der Waals surface area contributed by atoms with Crippen molar-refractivity contribution in [2.75, 3.05) is 45.9 Å². The van der Waals surface area contributed by atoms with Crippen molar-refractivity contribution in [1.29, 1.82) is 0 Å². The lowest BCUT2D eigenvalue weighted by Crippen LogP contribution is -2.47. The van der Waals surface area contributed by atoms with E-state index in [1.165, 1.54) is 30.4 Å². The van der Waals surface area contributed by atoms with Gasteiger partial charge in [-0.3, -0.25) is 4.90 Å². The number of ether oxygens (including phenoxy) is 1. The Morgan fingerprint density at radius 2 is 2.00 bits per heavy atom. The van der Waals surface area contributed by atoms with Crippen molar-refractivity contribution in [2.24, 2.45) is 5.92 Å². The molecular weight excluding hydrogens is 354 g/mol. The first-order valence-corrected chi connectivity index (χ1v) is 10.6. The highest BCUT2D eigenvalue weighted by atomic mass is 32.1. The van der Waals surface area contributed by atoms with Crippen molar-refractivity contribution in [3.63, 3.8) is 0 Å². The van der Waals surface area contributed by atoms with E-state index in [0.717, 1.165) is 57.6 Å². The minimum absolute atomic E-state index is 0.707. The summed E-state index contributed by atoms with van der Waals surface area (Å²) in [6.07, 6.45) is 8.28. The van der Waals surface area contributed by atoms with Crippen molar-refractivity contribution in [2.45, 2.75) is 32.7 Å². The second kappa shape index (κ2) is 10.8. The van der Waals surface area contributed by atoms with Crippen molar-refractivity contribution >= 4 is 17.3 Å². The van der Waals surface area contributed by atoms with Crippen LogP contribution in [0.1, 0.15) is 30.4 Å². The molecule has 0 aromatic heterocycles. The molecule has 0 saturated carbocycles. The van der Waals surface area contributed by atoms with Gasteiger partial charge in [0, 0.05) is 39.3 Å². The zero-order valence-corrected chi connectivity index (χ0v) is 17.3. The first kappa shape index (κ1) is 20.3. The van der Waals surface area contributed by atoms with E-state index in [2.05, 4.69) is 58.5 Å². The van der Waals surface area contributed by atoms with Gasteiger partial charge >= 0.3 is 0 Å². The molecule has 1 N–H and O–H groups in total. The number of nitrogens with zero attached hydrogens (tertiary/aromatic N) is 2. The summed E-state index contributed by atoms with van der Waals surface area (Å²) in [5.74, 6) is 0.707. The first-order valence-electron chi connectivity index (χ1n) is 10.2. The fourth-order valence-electron chi connectivity index (χ4n) is 3.69. The second-order valence-electron chi connectivity index (χ2n) is 7.69. The highest BCUT2D eigenvalue weighted by Gasteiger charge is 2.19. The number of allylic oxidation sites excluding steroid dienone is 2. The van der Waals surface area contributed by atoms with E-state index in [0.29, 0.717) is 5.92 Å². The molecule has 4 nitrogen and oxygen atoms in total. The monoisotopic (exact) mass is 387 g/mol. The van der Waals surface area contributed by atoms with Crippen LogP contribution in [0, 0.1) is 12.8 Å². The lowest BCUT2D eigenvalue weighted by molar-refractivity contribution is 0.0355. The molecule has 27 heavy (non-hydrogen) atoms. The molecule has 1 atom stereocenters. The van der Waals surface area contributed by atoms with Gasteiger partial charge in [0.05, 0.1) is 13.2 Å². The van der Waals surface area contributed by atoms with Crippen molar-refractivity contribution in [1.82, 2.24) is 15.1 Å². The average molecular weight is 388 g/mol. The normalized spacial score (nSPS) is 20.4. The average Bonchev–Trinajstić information content (AvgIpc) is 2.72. The number of thiocarbonyl (C=S) groups is 1. The summed E-state index contributed by atoms with van der Waals surface area (Å²) in [6, 6.07) is 8.67. The van der Waals surface area contributed by atoms with E-state index in [4.69, 9.17) is 17.0 Å². The Kier molecular flexibility index (Phi) is 8.11. The van der Waals surface area contributed by atoms with Gasteiger partial charge < -0.3 is 15.0 Å². The number of aryl methyl sites for hydroxylation is 1. The van der Waals surface area contributed by atoms with Crippen LogP contribution in [0.5, 0.6) is 0 Å². The van der Waals surface area contributed by atoms with Crippen LogP contribution >= 0.6 is 12.2 Å². The number of hydrogen-bond donors (Lipinski definition) is 1. The summed E-state index contributed by atoms with van der Waals surface area (Å²) in [6.45, 7) is 9.76. The minimum Gasteiger partial charge on any atom is -0.379 e. The maximum atomic E-state index is 5.79. The Labute approximate surface area is 169 Å². The van der Waals surface area contributed by atoms with Crippen LogP contribution in [-0.2, 0) is 11.3 Å². The Balaban J connectivity index is 1.53. The van der Waals surface area contributed by atoms with Crippen molar-refractivity contribution < 1.29 is 4.74 Å². The molecule has 0 radical (unpaired) electrons. The Bertz CT molecular complexity index is 610. The summed E-state index contributed by atoms with van der Waals surface area (Å²) in [5, 5.41) is 4.38. The molecule has 3 rings (SSSR count). The summed E-state index contributed by atoms with van der Waals surface area (Å²) in [5.41, 5.74) is 2.57. The van der Waals surface area contributed by atoms with Gasteiger partial charge in [-0.1, -0.05) is 42.0 Å². The summed E-state index contributed by atoms with van der Waals surface area (Å²) >= 11 is 5.79. The molecule has 1 aromatic rings. The molecule has 1 aliphatic carbocycles. The second-order valence-corrected chi connectivity index (χ2v) is 8.08. The van der Waals surface area contributed by atoms with E-state index < -0.39 is 0 Å². The number of nitrogens with one attached hydrogen (secondary N) is 1. The number of hydrogen-bond acceptors (Lipinski definition) is 3. The van der Waals surface area contributed by atoms with Crippen molar-refractivity contribution in [3.8, 4) is 0 Å². The molecule has 1 aromatic carbocycles. The van der Waals surface area contributed by atoms with Crippen LogP contribution in [0.25, 0.3) is 0 Å². The van der Waals surface area contributed by atoms with Gasteiger partial charge in [0.25, 0.3) is 0 Å². The molecule has 1 aliphatic heterocycles. The van der Waals surface area contributed by atoms with Crippen LogP contribution in [0.2, 0.25) is 0 Å². The lowest BCUT2D eigenvalue weighted by Gasteiger charge is -2.34. The Morgan fingerprint density at radius 3 is 2.70 bits per heavy atom. The van der Waals surface area contributed by atoms with Gasteiger partial charge in [-0.2, -0.15) is 0 Å². The summed E-state index contributed by atoms with van der Waals surface area (Å²) in [4.78, 5) is 4.88. The molecular formula is C22H33N3OS. The van der Waals surface area contributed by atoms with E-state index in [1.807, 2.05) is 0 Å². The Hall–Kier alpha value is -1.43. The van der Waals surface area contributed by atoms with Gasteiger partial charge in [0.2, 0.25) is 0 Å². The van der Waals surface area contributed by atoms with Gasteiger partial charge in [-0.25, -0.2) is 0 Å². The van der Waals surface area contributed by atoms with Gasteiger partial charge in [-0.05, 0) is 49.9 Å². The number of rotatable bonds is 7. The smallest absolute Gasteiger partial charge is 0.169 e. The standard InChI is InChI=1S/C22H33N3OS/c1-19-7-9-20(10-8-19)17-23-22(27)25(18-21-5-3-2-4-6-21)12-11-24-13-15-26-16-14-24/h2-3,7-10,21H,4-6,11-18H2,1H3,(H,23,27). The molecule has 1 saturated heterocycles. The zero-order chi connectivity index (χ0) is 18.9. The highest BCUT2D eigenvalue weighted by molar-refractivity contribution is 7.80. The lowest BCUT2D eigenvalue weighted by atomic mass is 9.94. The fraction of sp³-hybridized carbons (Fsp3) is 0.591. The van der Waals surface area contributed by atoms with Crippen LogP contribution in [-0.4, -0.2) is 60.8 Å². The topological polar surface area (TPSA) is 27.7 Å². The Morgan fingerprint density at radius 1 is 1.22 bits per heavy atom. The fourth-order valence-corrected chi connectivity index (χ4v) is 3.93. The van der Waals surface area contributed by atoms with Crippen molar-refractivity contribution in [3.05, 3.63) is 47.5 Å². The molecule has 1 unspecified atom stereocenters. The van der Waals surface area contributed by atoms with Crippen LogP contribution in [0.4, 0.5) is 0 Å². The third-order valence-electron chi connectivity index (χ3n) is 5.50. The van der Waals surface area contributed by atoms with Gasteiger partial charge in [0.1, 0.15) is 0 Å². The molecule has 0 amide bonds. The third-order valence-corrected chi connectivity index (χ3v) is 5.90. The van der Waals surface area contributed by atoms with Crippen LogP contribution in [0.15, 0.2) is 36.4 Å². The first-order chi connectivity index (χ1) is 13.2. The molecule has 5 heteroatoms.